The first-order valence-electron chi connectivity index (χ1n) is 11.2. The van der Waals surface area contributed by atoms with Crippen LogP contribution in [-0.4, -0.2) is 47.8 Å². The van der Waals surface area contributed by atoms with Crippen molar-refractivity contribution < 1.29 is 14.0 Å². The van der Waals surface area contributed by atoms with Gasteiger partial charge < -0.3 is 15.1 Å². The van der Waals surface area contributed by atoms with Crippen LogP contribution >= 0.6 is 0 Å². The van der Waals surface area contributed by atoms with Crippen molar-refractivity contribution in [3.8, 4) is 0 Å². The van der Waals surface area contributed by atoms with Crippen LogP contribution in [0.15, 0.2) is 54.6 Å². The average Bonchev–Trinajstić information content (AvgIpc) is 3.15. The highest BCUT2D eigenvalue weighted by molar-refractivity contribution is 6.15. The van der Waals surface area contributed by atoms with Gasteiger partial charge in [-0.1, -0.05) is 42.8 Å². The number of halogens is 1. The largest absolute Gasteiger partial charge is 0.333 e. The van der Waals surface area contributed by atoms with Gasteiger partial charge in [-0.05, 0) is 55.1 Å². The van der Waals surface area contributed by atoms with E-state index in [1.807, 2.05) is 17.0 Å². The Labute approximate surface area is 186 Å². The van der Waals surface area contributed by atoms with Gasteiger partial charge in [0.2, 0.25) is 0 Å². The Hall–Kier alpha value is -3.25. The molecule has 1 fully saturated rings. The third-order valence-corrected chi connectivity index (χ3v) is 6.51. The van der Waals surface area contributed by atoms with Crippen LogP contribution in [0, 0.1) is 5.82 Å². The minimum absolute atomic E-state index is 0.0446. The second-order valence-corrected chi connectivity index (χ2v) is 8.56. The van der Waals surface area contributed by atoms with E-state index in [-0.39, 0.29) is 17.6 Å². The smallest absolute Gasteiger partial charge is 0.256 e. The fourth-order valence-electron chi connectivity index (χ4n) is 4.80. The number of carbonyl (C=O) groups is 2. The second kappa shape index (κ2) is 8.71. The van der Waals surface area contributed by atoms with Crippen LogP contribution in [-0.2, 0) is 6.54 Å². The van der Waals surface area contributed by atoms with E-state index < -0.39 is 0 Å². The van der Waals surface area contributed by atoms with Crippen molar-refractivity contribution in [3.63, 3.8) is 0 Å². The maximum Gasteiger partial charge on any atom is 0.256 e. The number of hydrogen-bond acceptors (Lipinski definition) is 3. The number of rotatable bonds is 5. The summed E-state index contributed by atoms with van der Waals surface area (Å²) in [6.07, 6.45) is 3.74. The summed E-state index contributed by atoms with van der Waals surface area (Å²) >= 11 is 0. The van der Waals surface area contributed by atoms with Crippen molar-refractivity contribution in [2.24, 2.45) is 0 Å². The number of benzene rings is 3. The van der Waals surface area contributed by atoms with Crippen LogP contribution in [0.1, 0.15) is 45.5 Å². The summed E-state index contributed by atoms with van der Waals surface area (Å²) in [6.45, 7) is 4.32. The van der Waals surface area contributed by atoms with Gasteiger partial charge >= 0.3 is 0 Å². The summed E-state index contributed by atoms with van der Waals surface area (Å²) in [7, 11) is 0. The zero-order valence-corrected chi connectivity index (χ0v) is 17.9. The summed E-state index contributed by atoms with van der Waals surface area (Å²) in [5.74, 6) is -0.761. The predicted octanol–water partition coefficient (Wildman–Crippen LogP) is 4.67. The van der Waals surface area contributed by atoms with Gasteiger partial charge in [-0.2, -0.15) is 0 Å². The van der Waals surface area contributed by atoms with Crippen LogP contribution in [0.5, 0.6) is 0 Å². The molecule has 32 heavy (non-hydrogen) atoms. The van der Waals surface area contributed by atoms with E-state index in [2.05, 4.69) is 10.2 Å². The third kappa shape index (κ3) is 3.86. The molecule has 3 aromatic carbocycles. The van der Waals surface area contributed by atoms with Gasteiger partial charge in [0.25, 0.3) is 11.8 Å². The van der Waals surface area contributed by atoms with Gasteiger partial charge in [-0.3, -0.25) is 9.59 Å². The highest BCUT2D eigenvalue weighted by atomic mass is 19.1. The minimum atomic E-state index is -0.364. The number of fused-ring (bicyclic) bond motifs is 2. The van der Waals surface area contributed by atoms with Gasteiger partial charge in [-0.25, -0.2) is 4.39 Å². The Kier molecular flexibility index (Phi) is 5.62. The lowest BCUT2D eigenvalue weighted by Gasteiger charge is -2.28. The Morgan fingerprint density at radius 1 is 0.906 bits per heavy atom. The number of hydrogen-bond donors (Lipinski definition) is 1. The summed E-state index contributed by atoms with van der Waals surface area (Å²) in [5, 5.41) is 3.86. The molecule has 0 aromatic heterocycles. The van der Waals surface area contributed by atoms with Crippen LogP contribution in [0.4, 0.5) is 10.1 Å². The SMILES string of the molecule is O=C(Nc1cccc2c1C(=O)N(CCN1CCCCC1)C2)c1ccc(F)c2ccccc12. The molecule has 0 spiro atoms. The van der Waals surface area contributed by atoms with Crippen LogP contribution in [0.3, 0.4) is 0 Å². The van der Waals surface area contributed by atoms with E-state index in [4.69, 9.17) is 0 Å². The molecule has 5 rings (SSSR count). The van der Waals surface area contributed by atoms with Crippen LogP contribution in [0.25, 0.3) is 10.8 Å². The molecule has 1 N–H and O–H groups in total. The molecule has 1 saturated heterocycles. The van der Waals surface area contributed by atoms with E-state index in [9.17, 15) is 14.0 Å². The predicted molar refractivity (Wildman–Crippen MR) is 123 cm³/mol. The fourth-order valence-corrected chi connectivity index (χ4v) is 4.80. The van der Waals surface area contributed by atoms with E-state index >= 15 is 0 Å². The Morgan fingerprint density at radius 2 is 1.69 bits per heavy atom. The molecule has 164 valence electrons. The van der Waals surface area contributed by atoms with Gasteiger partial charge in [-0.15, -0.1) is 0 Å². The molecule has 0 saturated carbocycles. The summed E-state index contributed by atoms with van der Waals surface area (Å²) in [6, 6.07) is 15.3. The first-order valence-corrected chi connectivity index (χ1v) is 11.2. The van der Waals surface area contributed by atoms with E-state index in [0.717, 1.165) is 25.2 Å². The van der Waals surface area contributed by atoms with Gasteiger partial charge in [0.1, 0.15) is 5.82 Å². The molecule has 5 nitrogen and oxygen atoms in total. The summed E-state index contributed by atoms with van der Waals surface area (Å²) in [4.78, 5) is 30.5. The average molecular weight is 432 g/mol. The van der Waals surface area contributed by atoms with E-state index in [1.165, 1.54) is 31.4 Å². The molecule has 0 bridgehead atoms. The second-order valence-electron chi connectivity index (χ2n) is 8.56. The summed E-state index contributed by atoms with van der Waals surface area (Å²) in [5.41, 5.74) is 2.37. The molecule has 2 amide bonds. The van der Waals surface area contributed by atoms with E-state index in [0.29, 0.717) is 40.7 Å². The molecule has 0 atom stereocenters. The zero-order chi connectivity index (χ0) is 22.1. The normalized spacial score (nSPS) is 16.4. The quantitative estimate of drug-likeness (QED) is 0.639. The van der Waals surface area contributed by atoms with Crippen molar-refractivity contribution in [1.82, 2.24) is 9.80 Å². The minimum Gasteiger partial charge on any atom is -0.333 e. The maximum atomic E-state index is 14.2. The third-order valence-electron chi connectivity index (χ3n) is 6.51. The Balaban J connectivity index is 1.35. The first kappa shape index (κ1) is 20.6. The molecule has 2 aliphatic heterocycles. The highest BCUT2D eigenvalue weighted by Gasteiger charge is 2.30. The molecule has 2 aliphatic rings. The molecule has 2 heterocycles. The monoisotopic (exact) mass is 431 g/mol. The molecular formula is C26H26FN3O2. The molecule has 0 aliphatic carbocycles. The number of piperidine rings is 1. The van der Waals surface area contributed by atoms with Crippen molar-refractivity contribution >= 4 is 28.3 Å². The van der Waals surface area contributed by atoms with Crippen molar-refractivity contribution in [1.29, 1.82) is 0 Å². The van der Waals surface area contributed by atoms with E-state index in [1.54, 1.807) is 30.3 Å². The number of carbonyl (C=O) groups excluding carboxylic acids is 2. The lowest BCUT2D eigenvalue weighted by atomic mass is 10.0. The fraction of sp³-hybridized carbons (Fsp3) is 0.308. The Morgan fingerprint density at radius 3 is 2.50 bits per heavy atom. The number of nitrogens with zero attached hydrogens (tertiary/aromatic N) is 2. The standard InChI is InChI=1S/C26H26FN3O2/c27-22-12-11-21(19-8-2-3-9-20(19)22)25(31)28-23-10-6-7-18-17-30(26(32)24(18)23)16-15-29-13-4-1-5-14-29/h2-3,6-12H,1,4-5,13-17H2,(H,28,31). The number of anilines is 1. The number of likely N-dealkylation sites (tertiary alicyclic amines) is 1. The highest BCUT2D eigenvalue weighted by Crippen LogP contribution is 2.30. The van der Waals surface area contributed by atoms with Crippen molar-refractivity contribution in [3.05, 3.63) is 77.1 Å². The lowest BCUT2D eigenvalue weighted by Crippen LogP contribution is -2.38. The molecule has 0 radical (unpaired) electrons. The number of amides is 2. The van der Waals surface area contributed by atoms with Gasteiger partial charge in [0.15, 0.2) is 0 Å². The maximum absolute atomic E-state index is 14.2. The van der Waals surface area contributed by atoms with Gasteiger partial charge in [0.05, 0.1) is 11.3 Å². The zero-order valence-electron chi connectivity index (χ0n) is 17.9. The lowest BCUT2D eigenvalue weighted by molar-refractivity contribution is 0.0753. The molecule has 0 unspecified atom stereocenters. The number of nitrogens with one attached hydrogen (secondary N) is 1. The topological polar surface area (TPSA) is 52.7 Å². The molecular weight excluding hydrogens is 405 g/mol. The van der Waals surface area contributed by atoms with Crippen LogP contribution in [0.2, 0.25) is 0 Å². The van der Waals surface area contributed by atoms with Crippen LogP contribution < -0.4 is 5.32 Å². The molecule has 3 aromatic rings. The van der Waals surface area contributed by atoms with Gasteiger partial charge in [0, 0.05) is 30.6 Å². The van der Waals surface area contributed by atoms with Crippen molar-refractivity contribution in [2.75, 3.05) is 31.5 Å². The summed E-state index contributed by atoms with van der Waals surface area (Å²) < 4.78 is 14.2. The first-order chi connectivity index (χ1) is 15.6. The molecule has 6 heteroatoms. The Bertz CT molecular complexity index is 1190. The van der Waals surface area contributed by atoms with Crippen molar-refractivity contribution in [2.45, 2.75) is 25.8 Å².